The van der Waals surface area contributed by atoms with Crippen LogP contribution < -0.4 is 5.32 Å². The number of likely N-dealkylation sites (tertiary alicyclic amines) is 1. The molecule has 2 bridgehead atoms. The van der Waals surface area contributed by atoms with Crippen LogP contribution in [-0.4, -0.2) is 60.6 Å². The Kier molecular flexibility index (Phi) is 4.63. The van der Waals surface area contributed by atoms with E-state index in [1.165, 1.54) is 58.2 Å². The van der Waals surface area contributed by atoms with Crippen molar-refractivity contribution in [1.82, 2.24) is 15.1 Å². The van der Waals surface area contributed by atoms with Gasteiger partial charge in [-0.25, -0.2) is 0 Å². The number of nitrogens with zero attached hydrogens (tertiary/aromatic N) is 2. The van der Waals surface area contributed by atoms with E-state index in [0.29, 0.717) is 11.5 Å². The molecule has 1 aliphatic carbocycles. The molecule has 3 rings (SSSR count). The topological polar surface area (TPSA) is 18.5 Å². The van der Waals surface area contributed by atoms with Gasteiger partial charge < -0.3 is 5.32 Å². The van der Waals surface area contributed by atoms with Crippen molar-refractivity contribution in [3.05, 3.63) is 0 Å². The number of hydrogen-bond acceptors (Lipinski definition) is 3. The van der Waals surface area contributed by atoms with E-state index >= 15 is 0 Å². The Morgan fingerprint density at radius 2 is 1.86 bits per heavy atom. The lowest BCUT2D eigenvalue weighted by atomic mass is 9.86. The SMILES string of the molecule is CCCNC1C(N2CCC3CCC(C2)N3C)CCC1(C)C. The zero-order chi connectivity index (χ0) is 15.0. The molecule has 2 saturated heterocycles. The van der Waals surface area contributed by atoms with Crippen LogP contribution in [-0.2, 0) is 0 Å². The van der Waals surface area contributed by atoms with Crippen molar-refractivity contribution in [1.29, 1.82) is 0 Å². The highest BCUT2D eigenvalue weighted by molar-refractivity contribution is 5.03. The first kappa shape index (κ1) is 15.8. The number of rotatable bonds is 4. The summed E-state index contributed by atoms with van der Waals surface area (Å²) in [5.74, 6) is 0. The van der Waals surface area contributed by atoms with Crippen molar-refractivity contribution in [2.75, 3.05) is 26.7 Å². The molecule has 0 aromatic heterocycles. The van der Waals surface area contributed by atoms with Crippen LogP contribution in [0.3, 0.4) is 0 Å². The van der Waals surface area contributed by atoms with E-state index in [2.05, 4.69) is 42.9 Å². The summed E-state index contributed by atoms with van der Waals surface area (Å²) in [6.07, 6.45) is 8.23. The molecule has 3 aliphatic rings. The van der Waals surface area contributed by atoms with Crippen LogP contribution in [0, 0.1) is 5.41 Å². The van der Waals surface area contributed by atoms with Gasteiger partial charge in [0.1, 0.15) is 0 Å². The van der Waals surface area contributed by atoms with Crippen molar-refractivity contribution in [3.63, 3.8) is 0 Å². The summed E-state index contributed by atoms with van der Waals surface area (Å²) in [6, 6.07) is 3.11. The molecule has 0 aromatic carbocycles. The molecule has 1 saturated carbocycles. The molecule has 0 aromatic rings. The van der Waals surface area contributed by atoms with Gasteiger partial charge in [0.25, 0.3) is 0 Å². The zero-order valence-corrected chi connectivity index (χ0v) is 14.6. The maximum absolute atomic E-state index is 3.89. The van der Waals surface area contributed by atoms with Crippen LogP contribution in [0.2, 0.25) is 0 Å². The largest absolute Gasteiger partial charge is 0.312 e. The highest BCUT2D eigenvalue weighted by Gasteiger charge is 2.46. The first-order chi connectivity index (χ1) is 10.0. The molecule has 0 radical (unpaired) electrons. The van der Waals surface area contributed by atoms with Crippen molar-refractivity contribution in [3.8, 4) is 0 Å². The normalized spacial score (nSPS) is 40.6. The Morgan fingerprint density at radius 3 is 2.62 bits per heavy atom. The Bertz CT molecular complexity index is 354. The van der Waals surface area contributed by atoms with Gasteiger partial charge in [0.2, 0.25) is 0 Å². The molecule has 3 fully saturated rings. The van der Waals surface area contributed by atoms with Gasteiger partial charge in [-0.15, -0.1) is 0 Å². The molecule has 3 heteroatoms. The Labute approximate surface area is 131 Å². The van der Waals surface area contributed by atoms with Gasteiger partial charge in [0.15, 0.2) is 0 Å². The van der Waals surface area contributed by atoms with Crippen molar-refractivity contribution < 1.29 is 0 Å². The minimum absolute atomic E-state index is 0.455. The molecule has 4 unspecified atom stereocenters. The average Bonchev–Trinajstić information content (AvgIpc) is 2.85. The quantitative estimate of drug-likeness (QED) is 0.860. The van der Waals surface area contributed by atoms with Gasteiger partial charge in [-0.2, -0.15) is 0 Å². The summed E-state index contributed by atoms with van der Waals surface area (Å²) in [5, 5.41) is 3.89. The van der Waals surface area contributed by atoms with Gasteiger partial charge in [0.05, 0.1) is 0 Å². The third-order valence-corrected chi connectivity index (χ3v) is 6.57. The molecular formula is C18H35N3. The fourth-order valence-electron chi connectivity index (χ4n) is 5.10. The van der Waals surface area contributed by atoms with Gasteiger partial charge in [0, 0.05) is 37.3 Å². The van der Waals surface area contributed by atoms with Crippen LogP contribution in [0.15, 0.2) is 0 Å². The maximum atomic E-state index is 3.89. The van der Waals surface area contributed by atoms with Crippen LogP contribution in [0.1, 0.15) is 59.3 Å². The predicted molar refractivity (Wildman–Crippen MR) is 89.6 cm³/mol. The fourth-order valence-corrected chi connectivity index (χ4v) is 5.10. The summed E-state index contributed by atoms with van der Waals surface area (Å²) >= 11 is 0. The average molecular weight is 293 g/mol. The van der Waals surface area contributed by atoms with Gasteiger partial charge in [-0.05, 0) is 57.5 Å². The molecule has 4 atom stereocenters. The van der Waals surface area contributed by atoms with Crippen molar-refractivity contribution >= 4 is 0 Å². The fraction of sp³-hybridized carbons (Fsp3) is 1.00. The molecular weight excluding hydrogens is 258 g/mol. The Hall–Kier alpha value is -0.120. The van der Waals surface area contributed by atoms with Gasteiger partial charge in [-0.3, -0.25) is 9.80 Å². The number of hydrogen-bond donors (Lipinski definition) is 1. The lowest BCUT2D eigenvalue weighted by molar-refractivity contribution is 0.130. The molecule has 1 N–H and O–H groups in total. The first-order valence-electron chi connectivity index (χ1n) is 9.22. The van der Waals surface area contributed by atoms with E-state index in [4.69, 9.17) is 0 Å². The first-order valence-corrected chi connectivity index (χ1v) is 9.22. The highest BCUT2D eigenvalue weighted by Crippen LogP contribution is 2.41. The van der Waals surface area contributed by atoms with Gasteiger partial charge in [-0.1, -0.05) is 20.8 Å². The third-order valence-electron chi connectivity index (χ3n) is 6.57. The van der Waals surface area contributed by atoms with Crippen LogP contribution in [0.5, 0.6) is 0 Å². The monoisotopic (exact) mass is 293 g/mol. The van der Waals surface area contributed by atoms with Crippen LogP contribution in [0.25, 0.3) is 0 Å². The standard InChI is InChI=1S/C18H35N3/c1-5-11-19-17-16(8-10-18(17,2)3)21-12-9-14-6-7-15(13-21)20(14)4/h14-17,19H,5-13H2,1-4H3. The van der Waals surface area contributed by atoms with E-state index in [1.54, 1.807) is 0 Å². The third kappa shape index (κ3) is 3.02. The minimum Gasteiger partial charge on any atom is -0.312 e. The van der Waals surface area contributed by atoms with E-state index in [0.717, 1.165) is 18.1 Å². The lowest BCUT2D eigenvalue weighted by Gasteiger charge is -2.38. The number of nitrogens with one attached hydrogen (secondary N) is 1. The van der Waals surface area contributed by atoms with Crippen molar-refractivity contribution in [2.24, 2.45) is 5.41 Å². The van der Waals surface area contributed by atoms with Crippen LogP contribution >= 0.6 is 0 Å². The van der Waals surface area contributed by atoms with E-state index in [-0.39, 0.29) is 0 Å². The summed E-state index contributed by atoms with van der Waals surface area (Å²) in [5.41, 5.74) is 0.455. The molecule has 122 valence electrons. The molecule has 0 spiro atoms. The lowest BCUT2D eigenvalue weighted by Crippen LogP contribution is -2.53. The predicted octanol–water partition coefficient (Wildman–Crippen LogP) is 2.71. The number of likely N-dealkylation sites (N-methyl/N-ethyl adjacent to an activating group) is 1. The van der Waals surface area contributed by atoms with Gasteiger partial charge >= 0.3 is 0 Å². The van der Waals surface area contributed by atoms with E-state index < -0.39 is 0 Å². The smallest absolute Gasteiger partial charge is 0.0274 e. The summed E-state index contributed by atoms with van der Waals surface area (Å²) < 4.78 is 0. The minimum atomic E-state index is 0.455. The zero-order valence-electron chi connectivity index (χ0n) is 14.6. The summed E-state index contributed by atoms with van der Waals surface area (Å²) in [4.78, 5) is 5.52. The molecule has 21 heavy (non-hydrogen) atoms. The van der Waals surface area contributed by atoms with E-state index in [1.807, 2.05) is 0 Å². The molecule has 3 nitrogen and oxygen atoms in total. The second-order valence-corrected chi connectivity index (χ2v) is 8.36. The van der Waals surface area contributed by atoms with Crippen LogP contribution in [0.4, 0.5) is 0 Å². The molecule has 2 heterocycles. The Balaban J connectivity index is 1.70. The summed E-state index contributed by atoms with van der Waals surface area (Å²) in [6.45, 7) is 11.0. The maximum Gasteiger partial charge on any atom is 0.0274 e. The second kappa shape index (κ2) is 6.17. The Morgan fingerprint density at radius 1 is 1.10 bits per heavy atom. The molecule has 0 amide bonds. The van der Waals surface area contributed by atoms with E-state index in [9.17, 15) is 0 Å². The second-order valence-electron chi connectivity index (χ2n) is 8.36. The van der Waals surface area contributed by atoms with Crippen molar-refractivity contribution in [2.45, 2.75) is 83.5 Å². The summed E-state index contributed by atoms with van der Waals surface area (Å²) in [7, 11) is 2.36. The number of fused-ring (bicyclic) bond motifs is 2. The molecule has 2 aliphatic heterocycles. The highest BCUT2D eigenvalue weighted by atomic mass is 15.3.